The maximum atomic E-state index is 11.5. The van der Waals surface area contributed by atoms with Gasteiger partial charge in [0.05, 0.1) is 18.9 Å². The topological polar surface area (TPSA) is 35.5 Å². The first-order valence-electron chi connectivity index (χ1n) is 4.08. The van der Waals surface area contributed by atoms with Crippen molar-refractivity contribution in [3.05, 3.63) is 0 Å². The molecular formula is C7H15O3P. The van der Waals surface area contributed by atoms with Gasteiger partial charge in [0.1, 0.15) is 0 Å². The van der Waals surface area contributed by atoms with Crippen molar-refractivity contribution in [1.29, 1.82) is 0 Å². The Hall–Kier alpha value is 0.150. The molecule has 3 nitrogen and oxygen atoms in total. The van der Waals surface area contributed by atoms with Crippen LogP contribution in [-0.2, 0) is 13.6 Å². The van der Waals surface area contributed by atoms with Gasteiger partial charge in [-0.1, -0.05) is 13.3 Å². The molecule has 0 spiro atoms. The van der Waals surface area contributed by atoms with Gasteiger partial charge in [-0.05, 0) is 13.3 Å². The van der Waals surface area contributed by atoms with E-state index in [1.165, 1.54) is 0 Å². The third-order valence-corrected chi connectivity index (χ3v) is 3.72. The highest BCUT2D eigenvalue weighted by Crippen LogP contribution is 2.54. The number of hydrogen-bond donors (Lipinski definition) is 0. The van der Waals surface area contributed by atoms with Gasteiger partial charge in [0.25, 0.3) is 0 Å². The van der Waals surface area contributed by atoms with Crippen LogP contribution in [0.4, 0.5) is 0 Å². The molecule has 0 radical (unpaired) electrons. The fraction of sp³-hybridized carbons (Fsp3) is 1.00. The Kier molecular flexibility index (Phi) is 3.11. The molecule has 1 unspecified atom stereocenters. The predicted molar refractivity (Wildman–Crippen MR) is 43.9 cm³/mol. The molecule has 0 saturated carbocycles. The number of unbranched alkanes of at least 4 members (excludes halogenated alkanes) is 1. The Balaban J connectivity index is 2.36. The molecule has 1 saturated heterocycles. The van der Waals surface area contributed by atoms with Crippen LogP contribution in [0.5, 0.6) is 0 Å². The molecule has 2 atom stereocenters. The van der Waals surface area contributed by atoms with Crippen molar-refractivity contribution in [3.8, 4) is 0 Å². The minimum Gasteiger partial charge on any atom is -0.306 e. The minimum absolute atomic E-state index is 0.0117. The zero-order valence-electron chi connectivity index (χ0n) is 7.08. The lowest BCUT2D eigenvalue weighted by Crippen LogP contribution is -2.00. The molecular weight excluding hydrogens is 163 g/mol. The van der Waals surface area contributed by atoms with E-state index >= 15 is 0 Å². The van der Waals surface area contributed by atoms with Crippen molar-refractivity contribution in [2.45, 2.75) is 32.8 Å². The molecule has 1 aliphatic rings. The molecule has 1 heterocycles. The first-order chi connectivity index (χ1) is 5.16. The second-order valence-electron chi connectivity index (χ2n) is 2.90. The summed E-state index contributed by atoms with van der Waals surface area (Å²) in [5.41, 5.74) is 0. The second kappa shape index (κ2) is 3.70. The van der Waals surface area contributed by atoms with Gasteiger partial charge in [-0.3, -0.25) is 4.57 Å². The van der Waals surface area contributed by atoms with Gasteiger partial charge in [0, 0.05) is 0 Å². The predicted octanol–water partition coefficient (Wildman–Crippen LogP) is 2.41. The van der Waals surface area contributed by atoms with Gasteiger partial charge >= 0.3 is 7.60 Å². The smallest absolute Gasteiger partial charge is 0.306 e. The first-order valence-corrected chi connectivity index (χ1v) is 5.81. The molecule has 0 aromatic carbocycles. The monoisotopic (exact) mass is 178 g/mol. The fourth-order valence-corrected chi connectivity index (χ4v) is 3.07. The summed E-state index contributed by atoms with van der Waals surface area (Å²) in [6.45, 7) is 4.43. The SMILES string of the molecule is CCCCP1(=O)OC[C@@H](C)O1. The van der Waals surface area contributed by atoms with Crippen LogP contribution < -0.4 is 0 Å². The van der Waals surface area contributed by atoms with E-state index in [1.807, 2.05) is 6.92 Å². The average Bonchev–Trinajstić information content (AvgIpc) is 2.28. The Morgan fingerprint density at radius 1 is 1.64 bits per heavy atom. The van der Waals surface area contributed by atoms with Crippen molar-refractivity contribution < 1.29 is 13.6 Å². The molecule has 0 aromatic rings. The van der Waals surface area contributed by atoms with E-state index in [9.17, 15) is 4.57 Å². The zero-order chi connectivity index (χ0) is 8.32. The minimum atomic E-state index is -2.64. The fourth-order valence-electron chi connectivity index (χ4n) is 1.02. The second-order valence-corrected chi connectivity index (χ2v) is 5.04. The highest BCUT2D eigenvalue weighted by molar-refractivity contribution is 7.54. The Morgan fingerprint density at radius 2 is 2.36 bits per heavy atom. The molecule has 1 fully saturated rings. The molecule has 0 bridgehead atoms. The lowest BCUT2D eigenvalue weighted by Gasteiger charge is -2.08. The van der Waals surface area contributed by atoms with Gasteiger partial charge < -0.3 is 9.05 Å². The molecule has 11 heavy (non-hydrogen) atoms. The first kappa shape index (κ1) is 9.24. The van der Waals surface area contributed by atoms with Crippen molar-refractivity contribution >= 4 is 7.60 Å². The van der Waals surface area contributed by atoms with Gasteiger partial charge in [-0.15, -0.1) is 0 Å². The molecule has 0 N–H and O–H groups in total. The van der Waals surface area contributed by atoms with Gasteiger partial charge in [-0.2, -0.15) is 0 Å². The van der Waals surface area contributed by atoms with Crippen molar-refractivity contribution in [1.82, 2.24) is 0 Å². The van der Waals surface area contributed by atoms with E-state index in [0.29, 0.717) is 12.8 Å². The van der Waals surface area contributed by atoms with E-state index in [0.717, 1.165) is 12.8 Å². The number of hydrogen-bond acceptors (Lipinski definition) is 3. The summed E-state index contributed by atoms with van der Waals surface area (Å²) in [5, 5.41) is 0. The highest BCUT2D eigenvalue weighted by Gasteiger charge is 2.33. The summed E-state index contributed by atoms with van der Waals surface area (Å²) in [4.78, 5) is 0. The Bertz CT molecular complexity index is 169. The number of rotatable bonds is 3. The summed E-state index contributed by atoms with van der Waals surface area (Å²) in [6.07, 6.45) is 2.54. The van der Waals surface area contributed by atoms with Crippen molar-refractivity contribution in [2.75, 3.05) is 12.8 Å². The lowest BCUT2D eigenvalue weighted by molar-refractivity contribution is 0.256. The van der Waals surface area contributed by atoms with E-state index in [-0.39, 0.29) is 6.10 Å². The van der Waals surface area contributed by atoms with Crippen LogP contribution in [-0.4, -0.2) is 18.9 Å². The molecule has 1 rings (SSSR count). The third kappa shape index (κ3) is 2.58. The van der Waals surface area contributed by atoms with E-state index in [4.69, 9.17) is 9.05 Å². The molecule has 1 aliphatic heterocycles. The molecule has 0 amide bonds. The summed E-state index contributed by atoms with van der Waals surface area (Å²) < 4.78 is 21.8. The maximum Gasteiger partial charge on any atom is 0.331 e. The summed E-state index contributed by atoms with van der Waals surface area (Å²) in [5.74, 6) is 0. The quantitative estimate of drug-likeness (QED) is 0.622. The molecule has 66 valence electrons. The standard InChI is InChI=1S/C7H15O3P/c1-3-4-5-11(8)9-6-7(2)10-11/h7H,3-6H2,1-2H3/t7-,11?/m1/s1. The van der Waals surface area contributed by atoms with E-state index in [1.54, 1.807) is 0 Å². The van der Waals surface area contributed by atoms with Crippen molar-refractivity contribution in [3.63, 3.8) is 0 Å². The zero-order valence-corrected chi connectivity index (χ0v) is 7.97. The molecule has 0 aliphatic carbocycles. The van der Waals surface area contributed by atoms with E-state index in [2.05, 4.69) is 6.92 Å². The summed E-state index contributed by atoms with van der Waals surface area (Å²) in [6, 6.07) is 0. The van der Waals surface area contributed by atoms with Crippen LogP contribution >= 0.6 is 7.60 Å². The normalized spacial score (nSPS) is 37.8. The largest absolute Gasteiger partial charge is 0.331 e. The van der Waals surface area contributed by atoms with Crippen LogP contribution in [0, 0.1) is 0 Å². The Labute approximate surface area is 67.6 Å². The van der Waals surface area contributed by atoms with Crippen LogP contribution in [0.1, 0.15) is 26.7 Å². The van der Waals surface area contributed by atoms with Gasteiger partial charge in [0.15, 0.2) is 0 Å². The third-order valence-electron chi connectivity index (χ3n) is 1.63. The molecule has 0 aromatic heterocycles. The maximum absolute atomic E-state index is 11.5. The summed E-state index contributed by atoms with van der Waals surface area (Å²) >= 11 is 0. The van der Waals surface area contributed by atoms with Gasteiger partial charge in [0.2, 0.25) is 0 Å². The highest BCUT2D eigenvalue weighted by atomic mass is 31.2. The lowest BCUT2D eigenvalue weighted by atomic mass is 10.4. The van der Waals surface area contributed by atoms with Crippen LogP contribution in [0.3, 0.4) is 0 Å². The van der Waals surface area contributed by atoms with Crippen molar-refractivity contribution in [2.24, 2.45) is 0 Å². The average molecular weight is 178 g/mol. The Morgan fingerprint density at radius 3 is 2.82 bits per heavy atom. The van der Waals surface area contributed by atoms with Crippen LogP contribution in [0.15, 0.2) is 0 Å². The summed E-state index contributed by atoms with van der Waals surface area (Å²) in [7, 11) is -2.64. The van der Waals surface area contributed by atoms with Crippen LogP contribution in [0.2, 0.25) is 0 Å². The van der Waals surface area contributed by atoms with Gasteiger partial charge in [-0.25, -0.2) is 0 Å². The molecule has 4 heteroatoms. The van der Waals surface area contributed by atoms with Crippen LogP contribution in [0.25, 0.3) is 0 Å². The van der Waals surface area contributed by atoms with E-state index < -0.39 is 7.60 Å².